The van der Waals surface area contributed by atoms with Gasteiger partial charge in [-0.05, 0) is 31.4 Å². The Morgan fingerprint density at radius 1 is 1.38 bits per heavy atom. The molecule has 0 radical (unpaired) electrons. The third kappa shape index (κ3) is 1.17. The molecular formula is C13H16N2O. The van der Waals surface area contributed by atoms with Crippen molar-refractivity contribution in [2.45, 2.75) is 31.8 Å². The van der Waals surface area contributed by atoms with Crippen molar-refractivity contribution >= 4 is 6.03 Å². The van der Waals surface area contributed by atoms with Crippen LogP contribution in [0.2, 0.25) is 0 Å². The molecule has 3 rings (SSSR count). The highest BCUT2D eigenvalue weighted by Crippen LogP contribution is 2.41. The van der Waals surface area contributed by atoms with Crippen LogP contribution in [0.5, 0.6) is 0 Å². The quantitative estimate of drug-likeness (QED) is 0.707. The SMILES string of the molecule is CC1(C)NC(=O)N2CCc3ccccc3C21. The fourth-order valence-electron chi connectivity index (χ4n) is 2.98. The summed E-state index contributed by atoms with van der Waals surface area (Å²) in [5.41, 5.74) is 2.51. The molecule has 3 nitrogen and oxygen atoms in total. The molecule has 0 aliphatic carbocycles. The number of nitrogens with one attached hydrogen (secondary N) is 1. The van der Waals surface area contributed by atoms with Crippen LogP contribution in [0.25, 0.3) is 0 Å². The molecule has 2 heterocycles. The minimum atomic E-state index is -0.173. The fourth-order valence-corrected chi connectivity index (χ4v) is 2.98. The molecule has 84 valence electrons. The van der Waals surface area contributed by atoms with E-state index < -0.39 is 0 Å². The van der Waals surface area contributed by atoms with E-state index in [1.54, 1.807) is 0 Å². The van der Waals surface area contributed by atoms with Crippen LogP contribution in [0.4, 0.5) is 4.79 Å². The molecule has 3 heteroatoms. The normalized spacial score (nSPS) is 26.0. The van der Waals surface area contributed by atoms with Crippen LogP contribution in [0.3, 0.4) is 0 Å². The molecular weight excluding hydrogens is 200 g/mol. The molecule has 0 spiro atoms. The van der Waals surface area contributed by atoms with Crippen LogP contribution in [0.1, 0.15) is 31.0 Å². The Bertz CT molecular complexity index is 453. The van der Waals surface area contributed by atoms with Crippen molar-refractivity contribution < 1.29 is 4.79 Å². The molecule has 1 aromatic rings. The van der Waals surface area contributed by atoms with E-state index in [0.717, 1.165) is 13.0 Å². The minimum absolute atomic E-state index is 0.0736. The van der Waals surface area contributed by atoms with Crippen LogP contribution in [0, 0.1) is 0 Å². The minimum Gasteiger partial charge on any atom is -0.331 e. The molecule has 1 fully saturated rings. The summed E-state index contributed by atoms with van der Waals surface area (Å²) in [5.74, 6) is 0. The Labute approximate surface area is 95.4 Å². The lowest BCUT2D eigenvalue weighted by Gasteiger charge is -2.36. The first-order valence-electron chi connectivity index (χ1n) is 5.76. The Morgan fingerprint density at radius 3 is 2.94 bits per heavy atom. The van der Waals surface area contributed by atoms with Crippen molar-refractivity contribution in [1.82, 2.24) is 10.2 Å². The second-order valence-corrected chi connectivity index (χ2v) is 5.20. The van der Waals surface area contributed by atoms with Crippen LogP contribution < -0.4 is 5.32 Å². The van der Waals surface area contributed by atoms with E-state index in [1.165, 1.54) is 11.1 Å². The van der Waals surface area contributed by atoms with Crippen LogP contribution in [-0.2, 0) is 6.42 Å². The number of amides is 2. The molecule has 0 aromatic heterocycles. The zero-order valence-corrected chi connectivity index (χ0v) is 9.66. The highest BCUT2D eigenvalue weighted by molar-refractivity contribution is 5.79. The van der Waals surface area contributed by atoms with Gasteiger partial charge < -0.3 is 10.2 Å². The average Bonchev–Trinajstić information content (AvgIpc) is 2.49. The number of urea groups is 1. The van der Waals surface area contributed by atoms with Crippen molar-refractivity contribution in [3.8, 4) is 0 Å². The zero-order valence-electron chi connectivity index (χ0n) is 9.66. The maximum Gasteiger partial charge on any atom is 0.318 e. The number of hydrogen-bond donors (Lipinski definition) is 1. The van der Waals surface area contributed by atoms with Gasteiger partial charge in [0.2, 0.25) is 0 Å². The van der Waals surface area contributed by atoms with Crippen molar-refractivity contribution in [2.75, 3.05) is 6.54 Å². The van der Waals surface area contributed by atoms with Gasteiger partial charge in [-0.2, -0.15) is 0 Å². The van der Waals surface area contributed by atoms with Gasteiger partial charge in [-0.15, -0.1) is 0 Å². The summed E-state index contributed by atoms with van der Waals surface area (Å²) in [5, 5.41) is 3.06. The Balaban J connectivity index is 2.14. The Hall–Kier alpha value is -1.51. The lowest BCUT2D eigenvalue weighted by Crippen LogP contribution is -2.40. The lowest BCUT2D eigenvalue weighted by atomic mass is 9.84. The van der Waals surface area contributed by atoms with Crippen molar-refractivity contribution in [2.24, 2.45) is 0 Å². The molecule has 1 unspecified atom stereocenters. The number of hydrogen-bond acceptors (Lipinski definition) is 1. The van der Waals surface area contributed by atoms with E-state index in [0.29, 0.717) is 0 Å². The predicted molar refractivity (Wildman–Crippen MR) is 62.2 cm³/mol. The third-order valence-electron chi connectivity index (χ3n) is 3.66. The molecule has 2 amide bonds. The van der Waals surface area contributed by atoms with Gasteiger partial charge in [-0.1, -0.05) is 24.3 Å². The van der Waals surface area contributed by atoms with E-state index >= 15 is 0 Å². The topological polar surface area (TPSA) is 32.3 Å². The summed E-state index contributed by atoms with van der Waals surface area (Å²) in [6.07, 6.45) is 0.968. The van der Waals surface area contributed by atoms with Gasteiger partial charge in [0, 0.05) is 6.54 Å². The van der Waals surface area contributed by atoms with Crippen molar-refractivity contribution in [1.29, 1.82) is 0 Å². The number of carbonyl (C=O) groups is 1. The zero-order chi connectivity index (χ0) is 11.3. The maximum atomic E-state index is 11.8. The van der Waals surface area contributed by atoms with Gasteiger partial charge in [0.15, 0.2) is 0 Å². The first-order valence-corrected chi connectivity index (χ1v) is 5.76. The van der Waals surface area contributed by atoms with Crippen LogP contribution in [0.15, 0.2) is 24.3 Å². The third-order valence-corrected chi connectivity index (χ3v) is 3.66. The van der Waals surface area contributed by atoms with Gasteiger partial charge in [0.25, 0.3) is 0 Å². The second-order valence-electron chi connectivity index (χ2n) is 5.20. The smallest absolute Gasteiger partial charge is 0.318 e. The van der Waals surface area contributed by atoms with E-state index in [4.69, 9.17) is 0 Å². The highest BCUT2D eigenvalue weighted by Gasteiger charge is 2.47. The summed E-state index contributed by atoms with van der Waals surface area (Å²) < 4.78 is 0. The second kappa shape index (κ2) is 3.00. The number of fused-ring (bicyclic) bond motifs is 3. The van der Waals surface area contributed by atoms with E-state index in [-0.39, 0.29) is 17.6 Å². The highest BCUT2D eigenvalue weighted by atomic mass is 16.2. The molecule has 16 heavy (non-hydrogen) atoms. The lowest BCUT2D eigenvalue weighted by molar-refractivity contribution is 0.191. The Morgan fingerprint density at radius 2 is 2.12 bits per heavy atom. The molecule has 2 aliphatic heterocycles. The van der Waals surface area contributed by atoms with Crippen molar-refractivity contribution in [3.63, 3.8) is 0 Å². The monoisotopic (exact) mass is 216 g/mol. The first-order chi connectivity index (χ1) is 7.59. The summed E-state index contributed by atoms with van der Waals surface area (Å²) in [7, 11) is 0. The molecule has 1 saturated heterocycles. The van der Waals surface area contributed by atoms with Crippen LogP contribution >= 0.6 is 0 Å². The van der Waals surface area contributed by atoms with Gasteiger partial charge in [0.05, 0.1) is 11.6 Å². The number of rotatable bonds is 0. The maximum absolute atomic E-state index is 11.8. The number of nitrogens with zero attached hydrogens (tertiary/aromatic N) is 1. The van der Waals surface area contributed by atoms with Gasteiger partial charge >= 0.3 is 6.03 Å². The van der Waals surface area contributed by atoms with Gasteiger partial charge in [-0.3, -0.25) is 0 Å². The standard InChI is InChI=1S/C13H16N2O/c1-13(2)11-10-6-4-3-5-9(10)7-8-15(11)12(16)14-13/h3-6,11H,7-8H2,1-2H3,(H,14,16). The fraction of sp³-hybridized carbons (Fsp3) is 0.462. The average molecular weight is 216 g/mol. The number of carbonyl (C=O) groups excluding carboxylic acids is 1. The molecule has 1 atom stereocenters. The largest absolute Gasteiger partial charge is 0.331 e. The Kier molecular flexibility index (Phi) is 1.82. The number of benzene rings is 1. The molecule has 0 bridgehead atoms. The van der Waals surface area contributed by atoms with E-state index in [9.17, 15) is 4.79 Å². The summed E-state index contributed by atoms with van der Waals surface area (Å²) in [4.78, 5) is 13.8. The summed E-state index contributed by atoms with van der Waals surface area (Å²) >= 11 is 0. The summed E-state index contributed by atoms with van der Waals surface area (Å²) in [6, 6.07) is 8.71. The van der Waals surface area contributed by atoms with Crippen molar-refractivity contribution in [3.05, 3.63) is 35.4 Å². The molecule has 1 aromatic carbocycles. The first kappa shape index (κ1) is 9.70. The van der Waals surface area contributed by atoms with E-state index in [1.807, 2.05) is 4.90 Å². The van der Waals surface area contributed by atoms with Gasteiger partial charge in [0.1, 0.15) is 0 Å². The predicted octanol–water partition coefficient (Wildman–Crippen LogP) is 2.09. The molecule has 0 saturated carbocycles. The van der Waals surface area contributed by atoms with Crippen LogP contribution in [-0.4, -0.2) is 23.0 Å². The molecule has 2 aliphatic rings. The molecule has 1 N–H and O–H groups in total. The van der Waals surface area contributed by atoms with E-state index in [2.05, 4.69) is 43.4 Å². The summed E-state index contributed by atoms with van der Waals surface area (Å²) in [6.45, 7) is 5.02. The van der Waals surface area contributed by atoms with Gasteiger partial charge in [-0.25, -0.2) is 4.79 Å².